The fourth-order valence-electron chi connectivity index (χ4n) is 2.47. The van der Waals surface area contributed by atoms with Gasteiger partial charge in [0.25, 0.3) is 15.9 Å². The number of benzene rings is 3. The number of carbonyl (C=O) groups excluding carboxylic acids is 1. The third-order valence-corrected chi connectivity index (χ3v) is 5.52. The van der Waals surface area contributed by atoms with Crippen LogP contribution in [0.4, 0.5) is 11.4 Å². The molecule has 0 saturated heterocycles. The average Bonchev–Trinajstić information content (AvgIpc) is 2.65. The first-order valence-electron chi connectivity index (χ1n) is 8.10. The number of nitrogens with one attached hydrogen (secondary N) is 2. The van der Waals surface area contributed by atoms with Gasteiger partial charge in [0.05, 0.1) is 4.90 Å². The van der Waals surface area contributed by atoms with E-state index in [2.05, 4.69) is 10.0 Å². The van der Waals surface area contributed by atoms with E-state index in [-0.39, 0.29) is 10.8 Å². The topological polar surface area (TPSA) is 75.3 Å². The molecule has 0 aliphatic heterocycles. The van der Waals surface area contributed by atoms with Crippen molar-refractivity contribution in [3.63, 3.8) is 0 Å². The largest absolute Gasteiger partial charge is 0.322 e. The number of amides is 1. The maximum atomic E-state index is 12.4. The lowest BCUT2D eigenvalue weighted by Gasteiger charge is -2.10. The van der Waals surface area contributed by atoms with Crippen molar-refractivity contribution < 1.29 is 13.2 Å². The molecular formula is C20H17ClN2O3S. The molecule has 0 fully saturated rings. The van der Waals surface area contributed by atoms with E-state index in [4.69, 9.17) is 11.6 Å². The number of aryl methyl sites for hydroxylation is 1. The summed E-state index contributed by atoms with van der Waals surface area (Å²) in [6, 6.07) is 19.5. The predicted molar refractivity (Wildman–Crippen MR) is 108 cm³/mol. The van der Waals surface area contributed by atoms with Crippen LogP contribution in [0, 0.1) is 6.92 Å². The zero-order valence-corrected chi connectivity index (χ0v) is 16.0. The Morgan fingerprint density at radius 2 is 1.59 bits per heavy atom. The quantitative estimate of drug-likeness (QED) is 0.651. The van der Waals surface area contributed by atoms with Crippen molar-refractivity contribution in [2.75, 3.05) is 10.0 Å². The molecule has 3 aromatic rings. The van der Waals surface area contributed by atoms with E-state index in [0.29, 0.717) is 22.0 Å². The first-order chi connectivity index (χ1) is 12.8. The van der Waals surface area contributed by atoms with Gasteiger partial charge >= 0.3 is 0 Å². The third-order valence-electron chi connectivity index (χ3n) is 3.89. The van der Waals surface area contributed by atoms with Gasteiger partial charge in [-0.05, 0) is 67.1 Å². The van der Waals surface area contributed by atoms with Gasteiger partial charge in [0, 0.05) is 22.0 Å². The van der Waals surface area contributed by atoms with E-state index in [0.717, 1.165) is 5.56 Å². The molecule has 0 spiro atoms. The van der Waals surface area contributed by atoms with Crippen LogP contribution in [0.15, 0.2) is 77.7 Å². The number of hydrogen-bond acceptors (Lipinski definition) is 3. The smallest absolute Gasteiger partial charge is 0.261 e. The van der Waals surface area contributed by atoms with Gasteiger partial charge in [0.2, 0.25) is 0 Å². The van der Waals surface area contributed by atoms with Gasteiger partial charge < -0.3 is 5.32 Å². The Morgan fingerprint density at radius 1 is 0.926 bits per heavy atom. The van der Waals surface area contributed by atoms with Gasteiger partial charge in [-0.25, -0.2) is 8.42 Å². The standard InChI is InChI=1S/C20H17ClN2O3S/c1-14-13-16(21)9-12-19(14)22-20(24)15-7-10-17(11-8-15)23-27(25,26)18-5-3-2-4-6-18/h2-13,23H,1H3,(H,22,24). The van der Waals surface area contributed by atoms with E-state index in [1.165, 1.54) is 12.1 Å². The number of rotatable bonds is 5. The van der Waals surface area contributed by atoms with Crippen molar-refractivity contribution in [1.29, 1.82) is 0 Å². The summed E-state index contributed by atoms with van der Waals surface area (Å²) in [6.07, 6.45) is 0. The lowest BCUT2D eigenvalue weighted by atomic mass is 10.1. The normalized spacial score (nSPS) is 11.0. The lowest BCUT2D eigenvalue weighted by Crippen LogP contribution is -2.14. The molecule has 3 aromatic carbocycles. The highest BCUT2D eigenvalue weighted by atomic mass is 35.5. The number of anilines is 2. The molecule has 0 aliphatic carbocycles. The van der Waals surface area contributed by atoms with Crippen molar-refractivity contribution in [1.82, 2.24) is 0 Å². The van der Waals surface area contributed by atoms with Gasteiger partial charge in [-0.3, -0.25) is 9.52 Å². The summed E-state index contributed by atoms with van der Waals surface area (Å²) in [7, 11) is -3.67. The Labute approximate surface area is 163 Å². The molecule has 0 atom stereocenters. The Morgan fingerprint density at radius 3 is 2.22 bits per heavy atom. The fourth-order valence-corrected chi connectivity index (χ4v) is 3.77. The average molecular weight is 401 g/mol. The van der Waals surface area contributed by atoms with Crippen molar-refractivity contribution in [3.05, 3.63) is 88.9 Å². The van der Waals surface area contributed by atoms with E-state index in [1.54, 1.807) is 60.7 Å². The summed E-state index contributed by atoms with van der Waals surface area (Å²) in [5, 5.41) is 3.41. The van der Waals surface area contributed by atoms with Crippen LogP contribution in [-0.4, -0.2) is 14.3 Å². The minimum absolute atomic E-state index is 0.171. The lowest BCUT2D eigenvalue weighted by molar-refractivity contribution is 0.102. The van der Waals surface area contributed by atoms with Gasteiger partial charge in [0.15, 0.2) is 0 Å². The van der Waals surface area contributed by atoms with Gasteiger partial charge in [-0.2, -0.15) is 0 Å². The minimum atomic E-state index is -3.67. The summed E-state index contributed by atoms with van der Waals surface area (Å²) >= 11 is 5.92. The van der Waals surface area contributed by atoms with E-state index >= 15 is 0 Å². The van der Waals surface area contributed by atoms with Crippen LogP contribution < -0.4 is 10.0 Å². The molecule has 27 heavy (non-hydrogen) atoms. The summed E-state index contributed by atoms with van der Waals surface area (Å²) in [5.41, 5.74) is 2.30. The molecule has 7 heteroatoms. The van der Waals surface area contributed by atoms with Crippen LogP contribution in [0.1, 0.15) is 15.9 Å². The number of sulfonamides is 1. The summed E-state index contributed by atoms with van der Waals surface area (Å²) < 4.78 is 27.1. The second kappa shape index (κ2) is 7.82. The molecule has 138 valence electrons. The first-order valence-corrected chi connectivity index (χ1v) is 9.97. The monoisotopic (exact) mass is 400 g/mol. The maximum absolute atomic E-state index is 12.4. The molecule has 0 bridgehead atoms. The molecule has 0 radical (unpaired) electrons. The van der Waals surface area contributed by atoms with Crippen LogP contribution in [0.25, 0.3) is 0 Å². The third kappa shape index (κ3) is 4.67. The Bertz CT molecular complexity index is 1070. The van der Waals surface area contributed by atoms with Gasteiger partial charge in [0.1, 0.15) is 0 Å². The first kappa shape index (κ1) is 18.9. The molecule has 1 amide bonds. The van der Waals surface area contributed by atoms with E-state index in [9.17, 15) is 13.2 Å². The van der Waals surface area contributed by atoms with Crippen molar-refractivity contribution >= 4 is 38.9 Å². The zero-order chi connectivity index (χ0) is 19.4. The fraction of sp³-hybridized carbons (Fsp3) is 0.0500. The number of hydrogen-bond donors (Lipinski definition) is 2. The van der Waals surface area contributed by atoms with Crippen LogP contribution >= 0.6 is 11.6 Å². The highest BCUT2D eigenvalue weighted by Crippen LogP contribution is 2.21. The summed E-state index contributed by atoms with van der Waals surface area (Å²) in [4.78, 5) is 12.6. The van der Waals surface area contributed by atoms with Crippen LogP contribution in [0.5, 0.6) is 0 Å². The highest BCUT2D eigenvalue weighted by molar-refractivity contribution is 7.92. The zero-order valence-electron chi connectivity index (χ0n) is 14.4. The summed E-state index contributed by atoms with van der Waals surface area (Å²) in [5.74, 6) is -0.294. The molecule has 0 aromatic heterocycles. The molecular weight excluding hydrogens is 384 g/mol. The van der Waals surface area contributed by atoms with Crippen molar-refractivity contribution in [3.8, 4) is 0 Å². The van der Waals surface area contributed by atoms with Gasteiger partial charge in [-0.15, -0.1) is 0 Å². The number of carbonyl (C=O) groups is 1. The van der Waals surface area contributed by atoms with Crippen LogP contribution in [-0.2, 0) is 10.0 Å². The molecule has 2 N–H and O–H groups in total. The van der Waals surface area contributed by atoms with E-state index in [1.807, 2.05) is 6.92 Å². The maximum Gasteiger partial charge on any atom is 0.261 e. The van der Waals surface area contributed by atoms with Crippen molar-refractivity contribution in [2.45, 2.75) is 11.8 Å². The molecule has 3 rings (SSSR count). The molecule has 0 saturated carbocycles. The predicted octanol–water partition coefficient (Wildman–Crippen LogP) is 4.70. The number of halogens is 1. The Hall–Kier alpha value is -2.83. The minimum Gasteiger partial charge on any atom is -0.322 e. The molecule has 0 heterocycles. The van der Waals surface area contributed by atoms with E-state index < -0.39 is 10.0 Å². The Kier molecular flexibility index (Phi) is 5.48. The molecule has 5 nitrogen and oxygen atoms in total. The Balaban J connectivity index is 1.72. The second-order valence-corrected chi connectivity index (χ2v) is 8.03. The molecule has 0 aliphatic rings. The van der Waals surface area contributed by atoms with Gasteiger partial charge in [-0.1, -0.05) is 29.8 Å². The second-order valence-electron chi connectivity index (χ2n) is 5.91. The highest BCUT2D eigenvalue weighted by Gasteiger charge is 2.14. The summed E-state index contributed by atoms with van der Waals surface area (Å²) in [6.45, 7) is 1.85. The van der Waals surface area contributed by atoms with Crippen molar-refractivity contribution in [2.24, 2.45) is 0 Å². The van der Waals surface area contributed by atoms with Crippen LogP contribution in [0.3, 0.4) is 0 Å². The molecule has 0 unspecified atom stereocenters. The van der Waals surface area contributed by atoms with Crippen LogP contribution in [0.2, 0.25) is 5.02 Å². The SMILES string of the molecule is Cc1cc(Cl)ccc1NC(=O)c1ccc(NS(=O)(=O)c2ccccc2)cc1.